The van der Waals surface area contributed by atoms with Gasteiger partial charge in [0.2, 0.25) is 29.5 Å². The standard InChI is InChI=1S/C65H89FN12O7/c1-76(36-38-85-39-37-77(2)64(84)57-43-50(74-75-70)44-78(57)63(83)45-21-23-46(66)24-22-45)61(82)31-32-65-54-40-47(71-58(79)18-12-6-3-9-15-33-67)25-28-51(54)62(52-29-26-48(41-55(52)65)72-59(80)19-13-7-4-10-16-34-68)53-30-27-49(42-56(53)65)73-60(81)20-14-8-5-11-17-35-69/h21-30,40-42,50,57,62H,3-20,31-39,43-44,67-69H2,1-2H3,(H,71,79)(H,72,80)(H,73,81)/t50-,57-,62?,65?/m0/s1. The van der Waals surface area contributed by atoms with Crippen molar-refractivity contribution in [2.24, 2.45) is 22.3 Å². The van der Waals surface area contributed by atoms with Gasteiger partial charge in [0.05, 0.1) is 19.3 Å². The van der Waals surface area contributed by atoms with E-state index in [1.54, 1.807) is 19.0 Å². The smallest absolute Gasteiger partial charge is 0.254 e. The summed E-state index contributed by atoms with van der Waals surface area (Å²) in [6.45, 7) is 2.70. The van der Waals surface area contributed by atoms with Crippen LogP contribution >= 0.6 is 0 Å². The Morgan fingerprint density at radius 3 is 1.47 bits per heavy atom. The molecule has 2 atom stereocenters. The molecule has 1 heterocycles. The van der Waals surface area contributed by atoms with Crippen molar-refractivity contribution in [3.63, 3.8) is 0 Å². The van der Waals surface area contributed by atoms with E-state index in [1.165, 1.54) is 34.1 Å². The van der Waals surface area contributed by atoms with Crippen LogP contribution in [0.1, 0.15) is 184 Å². The summed E-state index contributed by atoms with van der Waals surface area (Å²) in [4.78, 5) is 90.1. The maximum Gasteiger partial charge on any atom is 0.254 e. The zero-order valence-corrected chi connectivity index (χ0v) is 49.9. The van der Waals surface area contributed by atoms with Crippen LogP contribution in [0.25, 0.3) is 10.4 Å². The van der Waals surface area contributed by atoms with Crippen LogP contribution < -0.4 is 33.2 Å². The number of nitrogens with one attached hydrogen (secondary N) is 3. The SMILES string of the molecule is CN(CCOCCN(C)C(=O)[C@@H]1C[C@H](N=[N+]=[N-])CN1C(=O)c1ccc(F)cc1)C(=O)CCC12c3cc(NC(=O)CCCCCCCN)ccc3C(c3ccc(NC(=O)CCCCCCCN)cc31)c1ccc(NC(=O)CCCCCCCN)cc12. The van der Waals surface area contributed by atoms with Crippen molar-refractivity contribution >= 4 is 52.5 Å². The number of ether oxygens (including phenoxy) is 1. The first-order valence-corrected chi connectivity index (χ1v) is 30.8. The summed E-state index contributed by atoms with van der Waals surface area (Å²) >= 11 is 0. The summed E-state index contributed by atoms with van der Waals surface area (Å²) in [5, 5.41) is 13.4. The Labute approximate surface area is 500 Å². The predicted molar refractivity (Wildman–Crippen MR) is 330 cm³/mol. The second kappa shape index (κ2) is 32.9. The van der Waals surface area contributed by atoms with Gasteiger partial charge in [-0.25, -0.2) is 4.39 Å². The summed E-state index contributed by atoms with van der Waals surface area (Å²) in [7, 11) is 3.33. The Balaban J connectivity index is 1.11. The molecule has 458 valence electrons. The third-order valence-corrected chi connectivity index (χ3v) is 16.9. The van der Waals surface area contributed by atoms with Crippen LogP contribution in [0.5, 0.6) is 0 Å². The second-order valence-electron chi connectivity index (χ2n) is 23.1. The fourth-order valence-electron chi connectivity index (χ4n) is 12.3. The maximum atomic E-state index is 14.6. The van der Waals surface area contributed by atoms with Gasteiger partial charge < -0.3 is 52.6 Å². The number of unbranched alkanes of at least 4 members (excludes halogenated alkanes) is 12. The molecule has 3 aliphatic carbocycles. The number of nitrogens with zero attached hydrogens (tertiary/aromatic N) is 6. The normalized spacial score (nSPS) is 17.1. The highest BCUT2D eigenvalue weighted by Crippen LogP contribution is 2.62. The van der Waals surface area contributed by atoms with Gasteiger partial charge in [-0.3, -0.25) is 28.8 Å². The zero-order valence-electron chi connectivity index (χ0n) is 49.9. The molecular weight excluding hydrogens is 1080 g/mol. The molecule has 1 saturated heterocycles. The average Bonchev–Trinajstić information content (AvgIpc) is 1.09. The molecule has 9 N–H and O–H groups in total. The molecule has 6 amide bonds. The minimum atomic E-state index is -0.991. The van der Waals surface area contributed by atoms with Crippen LogP contribution in [-0.4, -0.2) is 129 Å². The molecule has 85 heavy (non-hydrogen) atoms. The van der Waals surface area contributed by atoms with E-state index >= 15 is 0 Å². The number of anilines is 3. The van der Waals surface area contributed by atoms with Gasteiger partial charge in [0.25, 0.3) is 5.91 Å². The van der Waals surface area contributed by atoms with Crippen molar-refractivity contribution in [2.45, 2.75) is 158 Å². The van der Waals surface area contributed by atoms with E-state index in [2.05, 4.69) is 62.4 Å². The van der Waals surface area contributed by atoms with Crippen molar-refractivity contribution in [1.29, 1.82) is 0 Å². The van der Waals surface area contributed by atoms with E-state index in [-0.39, 0.29) is 86.7 Å². The Morgan fingerprint density at radius 1 is 0.612 bits per heavy atom. The number of hydrogen-bond acceptors (Lipinski definition) is 11. The molecule has 4 aromatic carbocycles. The first-order chi connectivity index (χ1) is 41.2. The number of halogens is 1. The number of nitrogens with two attached hydrogens (primary N) is 3. The van der Waals surface area contributed by atoms with Gasteiger partial charge in [0.15, 0.2) is 0 Å². The maximum absolute atomic E-state index is 14.6. The third-order valence-electron chi connectivity index (χ3n) is 16.9. The lowest BCUT2D eigenvalue weighted by atomic mass is 9.51. The van der Waals surface area contributed by atoms with Crippen molar-refractivity contribution < 1.29 is 37.9 Å². The third kappa shape index (κ3) is 17.5. The predicted octanol–water partition coefficient (Wildman–Crippen LogP) is 9.99. The lowest BCUT2D eigenvalue weighted by Gasteiger charge is -2.51. The molecule has 4 aromatic rings. The highest BCUT2D eigenvalue weighted by Gasteiger charge is 2.52. The van der Waals surface area contributed by atoms with Crippen molar-refractivity contribution in [3.8, 4) is 0 Å². The molecule has 1 fully saturated rings. The monoisotopic (exact) mass is 1170 g/mol. The number of hydrogen-bond donors (Lipinski definition) is 6. The lowest BCUT2D eigenvalue weighted by molar-refractivity contribution is -0.134. The number of rotatable bonds is 36. The van der Waals surface area contributed by atoms with Crippen LogP contribution in [0.15, 0.2) is 84.0 Å². The van der Waals surface area contributed by atoms with Gasteiger partial charge >= 0.3 is 0 Å². The Kier molecular flexibility index (Phi) is 25.3. The number of carbonyl (C=O) groups excluding carboxylic acids is 6. The molecule has 20 heteroatoms. The molecule has 19 nitrogen and oxygen atoms in total. The number of benzene rings is 4. The quantitative estimate of drug-likeness (QED) is 0.0108. The number of likely N-dealkylation sites (tertiary alicyclic amines) is 1. The van der Waals surface area contributed by atoms with Gasteiger partial charge in [-0.2, -0.15) is 0 Å². The summed E-state index contributed by atoms with van der Waals surface area (Å²) in [6, 6.07) is 21.8. The van der Waals surface area contributed by atoms with E-state index in [4.69, 9.17) is 27.5 Å². The van der Waals surface area contributed by atoms with Crippen molar-refractivity contribution in [1.82, 2.24) is 14.7 Å². The minimum absolute atomic E-state index is 0.0384. The van der Waals surface area contributed by atoms with Crippen LogP contribution in [0.3, 0.4) is 0 Å². The first kappa shape index (κ1) is 65.3. The van der Waals surface area contributed by atoms with Crippen LogP contribution in [-0.2, 0) is 34.1 Å². The first-order valence-electron chi connectivity index (χ1n) is 30.8. The molecule has 0 aromatic heterocycles. The van der Waals surface area contributed by atoms with Gasteiger partial charge in [-0.05, 0) is 171 Å². The molecule has 0 radical (unpaired) electrons. The number of likely N-dealkylation sites (N-methyl/N-ethyl adjacent to an activating group) is 2. The summed E-state index contributed by atoms with van der Waals surface area (Å²) in [6.07, 6.45) is 15.7. The summed E-state index contributed by atoms with van der Waals surface area (Å²) in [5.74, 6) is -1.97. The van der Waals surface area contributed by atoms with E-state index in [0.717, 1.165) is 130 Å². The van der Waals surface area contributed by atoms with Crippen LogP contribution in [0.2, 0.25) is 0 Å². The summed E-state index contributed by atoms with van der Waals surface area (Å²) in [5.41, 5.74) is 33.3. The Morgan fingerprint density at radius 2 is 1.04 bits per heavy atom. The average molecular weight is 1170 g/mol. The van der Waals surface area contributed by atoms with Gasteiger partial charge in [-0.1, -0.05) is 81.1 Å². The molecular formula is C65H89FN12O7. The fourth-order valence-corrected chi connectivity index (χ4v) is 12.3. The zero-order chi connectivity index (χ0) is 60.7. The Bertz CT molecular complexity index is 2770. The Hall–Kier alpha value is -7.22. The minimum Gasteiger partial charge on any atom is -0.378 e. The summed E-state index contributed by atoms with van der Waals surface area (Å²) < 4.78 is 19.7. The number of azide groups is 1. The fraction of sp³-hybridized carbons (Fsp3) is 0.538. The topological polar surface area (TPSA) is 284 Å². The van der Waals surface area contributed by atoms with E-state index in [1.807, 2.05) is 18.2 Å². The highest BCUT2D eigenvalue weighted by atomic mass is 19.1. The van der Waals surface area contributed by atoms with Gasteiger partial charge in [-0.15, -0.1) is 0 Å². The second-order valence-corrected chi connectivity index (χ2v) is 23.1. The molecule has 0 saturated carbocycles. The van der Waals surface area contributed by atoms with Crippen molar-refractivity contribution in [2.75, 3.05) is 82.5 Å². The van der Waals surface area contributed by atoms with Crippen LogP contribution in [0.4, 0.5) is 21.5 Å². The molecule has 0 spiro atoms. The number of amides is 6. The van der Waals surface area contributed by atoms with E-state index in [9.17, 15) is 33.2 Å². The van der Waals surface area contributed by atoms with Crippen molar-refractivity contribution in [3.05, 3.63) is 134 Å². The van der Waals surface area contributed by atoms with Gasteiger partial charge in [0.1, 0.15) is 11.9 Å². The lowest BCUT2D eigenvalue weighted by Crippen LogP contribution is -2.47. The molecule has 2 bridgehead atoms. The molecule has 1 aliphatic heterocycles. The molecule has 4 aliphatic rings. The molecule has 0 unspecified atom stereocenters. The van der Waals surface area contributed by atoms with E-state index < -0.39 is 29.2 Å². The largest absolute Gasteiger partial charge is 0.378 e. The van der Waals surface area contributed by atoms with E-state index in [0.29, 0.717) is 62.4 Å². The molecule has 8 rings (SSSR count). The van der Waals surface area contributed by atoms with Crippen LogP contribution in [0, 0.1) is 5.82 Å². The highest BCUT2D eigenvalue weighted by molar-refractivity contribution is 5.98. The van der Waals surface area contributed by atoms with Gasteiger partial charge in [0, 0.05) is 98.3 Å². The number of carbonyl (C=O) groups is 6.